The van der Waals surface area contributed by atoms with Crippen LogP contribution in [-0.2, 0) is 17.8 Å². The number of hydrogen-bond donors (Lipinski definition) is 0. The van der Waals surface area contributed by atoms with Gasteiger partial charge in [0.05, 0.1) is 13.2 Å². The van der Waals surface area contributed by atoms with Crippen molar-refractivity contribution in [3.05, 3.63) is 88.8 Å². The van der Waals surface area contributed by atoms with Gasteiger partial charge in [0.1, 0.15) is 16.8 Å². The van der Waals surface area contributed by atoms with Gasteiger partial charge < -0.3 is 14.1 Å². The Morgan fingerprint density at radius 1 is 0.941 bits per heavy atom. The lowest BCUT2D eigenvalue weighted by atomic mass is 10.0. The molecular weight excluding hydrogens is 426 g/mol. The van der Waals surface area contributed by atoms with Gasteiger partial charge in [-0.05, 0) is 42.9 Å². The SMILES string of the molecule is COCCn1c(=O)nc(-c2ccccc2)c2oc3ccc(-c4ccc(CN(C)C)cc4)cc3c21. The number of fused-ring (bicyclic) bond motifs is 3. The fraction of sp³-hybridized carbons (Fsp3) is 0.214. The van der Waals surface area contributed by atoms with Crippen LogP contribution in [-0.4, -0.2) is 42.3 Å². The summed E-state index contributed by atoms with van der Waals surface area (Å²) in [6.45, 7) is 1.69. The zero-order valence-electron chi connectivity index (χ0n) is 19.6. The molecule has 0 unspecified atom stereocenters. The van der Waals surface area contributed by atoms with Crippen molar-refractivity contribution in [3.63, 3.8) is 0 Å². The first-order valence-electron chi connectivity index (χ1n) is 11.3. The van der Waals surface area contributed by atoms with Crippen LogP contribution >= 0.6 is 0 Å². The molecule has 0 bridgehead atoms. The summed E-state index contributed by atoms with van der Waals surface area (Å²) >= 11 is 0. The summed E-state index contributed by atoms with van der Waals surface area (Å²) in [6.07, 6.45) is 0. The summed E-state index contributed by atoms with van der Waals surface area (Å²) in [5.41, 5.74) is 6.60. The van der Waals surface area contributed by atoms with Crippen LogP contribution < -0.4 is 5.69 Å². The molecule has 34 heavy (non-hydrogen) atoms. The van der Waals surface area contributed by atoms with E-state index in [0.29, 0.717) is 24.4 Å². The molecule has 2 aromatic heterocycles. The van der Waals surface area contributed by atoms with Gasteiger partial charge in [0.2, 0.25) is 0 Å². The van der Waals surface area contributed by atoms with Crippen molar-refractivity contribution in [2.75, 3.05) is 27.8 Å². The highest BCUT2D eigenvalue weighted by molar-refractivity contribution is 6.07. The number of nitrogens with zero attached hydrogens (tertiary/aromatic N) is 3. The summed E-state index contributed by atoms with van der Waals surface area (Å²) in [6, 6.07) is 24.4. The molecule has 3 aromatic carbocycles. The van der Waals surface area contributed by atoms with Crippen molar-refractivity contribution < 1.29 is 9.15 Å². The third kappa shape index (κ3) is 4.14. The van der Waals surface area contributed by atoms with Crippen LogP contribution in [0, 0.1) is 0 Å². The zero-order valence-corrected chi connectivity index (χ0v) is 19.6. The minimum atomic E-state index is -0.315. The van der Waals surface area contributed by atoms with E-state index in [1.54, 1.807) is 11.7 Å². The number of ether oxygens (including phenoxy) is 1. The highest BCUT2D eigenvalue weighted by Crippen LogP contribution is 2.35. The van der Waals surface area contributed by atoms with E-state index < -0.39 is 0 Å². The third-order valence-corrected chi connectivity index (χ3v) is 5.94. The molecule has 6 heteroatoms. The van der Waals surface area contributed by atoms with E-state index in [2.05, 4.69) is 60.4 Å². The quantitative estimate of drug-likeness (QED) is 0.340. The van der Waals surface area contributed by atoms with Crippen LogP contribution in [0.4, 0.5) is 0 Å². The summed E-state index contributed by atoms with van der Waals surface area (Å²) < 4.78 is 13.2. The molecule has 0 fully saturated rings. The van der Waals surface area contributed by atoms with Gasteiger partial charge >= 0.3 is 5.69 Å². The molecule has 0 aliphatic heterocycles. The number of methoxy groups -OCH3 is 1. The van der Waals surface area contributed by atoms with Crippen LogP contribution in [0.1, 0.15) is 5.56 Å². The van der Waals surface area contributed by atoms with Crippen LogP contribution in [0.2, 0.25) is 0 Å². The molecule has 0 radical (unpaired) electrons. The molecule has 0 aliphatic carbocycles. The molecule has 0 aliphatic rings. The molecule has 0 spiro atoms. The van der Waals surface area contributed by atoms with E-state index in [1.807, 2.05) is 36.4 Å². The highest BCUT2D eigenvalue weighted by Gasteiger charge is 2.20. The van der Waals surface area contributed by atoms with Gasteiger partial charge in [-0.1, -0.05) is 60.7 Å². The lowest BCUT2D eigenvalue weighted by Crippen LogP contribution is -2.25. The van der Waals surface area contributed by atoms with E-state index in [0.717, 1.165) is 39.7 Å². The summed E-state index contributed by atoms with van der Waals surface area (Å²) in [5.74, 6) is 0. The molecular formula is C28H27N3O3. The van der Waals surface area contributed by atoms with E-state index >= 15 is 0 Å². The van der Waals surface area contributed by atoms with Crippen LogP contribution in [0.25, 0.3) is 44.5 Å². The number of furan rings is 1. The zero-order chi connectivity index (χ0) is 23.7. The molecule has 0 atom stereocenters. The average Bonchev–Trinajstić information content (AvgIpc) is 3.22. The molecule has 5 rings (SSSR count). The smallest absolute Gasteiger partial charge is 0.348 e. The minimum absolute atomic E-state index is 0.315. The van der Waals surface area contributed by atoms with Gasteiger partial charge in [-0.3, -0.25) is 4.57 Å². The fourth-order valence-electron chi connectivity index (χ4n) is 4.34. The fourth-order valence-corrected chi connectivity index (χ4v) is 4.34. The van der Waals surface area contributed by atoms with Gasteiger partial charge in [-0.2, -0.15) is 4.98 Å². The molecule has 172 valence electrons. The van der Waals surface area contributed by atoms with Gasteiger partial charge in [0.15, 0.2) is 5.58 Å². The highest BCUT2D eigenvalue weighted by atomic mass is 16.5. The van der Waals surface area contributed by atoms with Crippen molar-refractivity contribution in [1.29, 1.82) is 0 Å². The first-order valence-corrected chi connectivity index (χ1v) is 11.3. The van der Waals surface area contributed by atoms with Gasteiger partial charge in [-0.25, -0.2) is 4.79 Å². The Bertz CT molecular complexity index is 1500. The predicted molar refractivity (Wildman–Crippen MR) is 136 cm³/mol. The van der Waals surface area contributed by atoms with Crippen molar-refractivity contribution in [3.8, 4) is 22.4 Å². The largest absolute Gasteiger partial charge is 0.452 e. The van der Waals surface area contributed by atoms with Gasteiger partial charge in [0.25, 0.3) is 0 Å². The maximum Gasteiger partial charge on any atom is 0.348 e. The van der Waals surface area contributed by atoms with Crippen LogP contribution in [0.3, 0.4) is 0 Å². The Morgan fingerprint density at radius 2 is 1.68 bits per heavy atom. The van der Waals surface area contributed by atoms with Gasteiger partial charge in [-0.15, -0.1) is 0 Å². The Balaban J connectivity index is 1.71. The minimum Gasteiger partial charge on any atom is -0.452 e. The number of benzene rings is 3. The maximum atomic E-state index is 13.1. The average molecular weight is 454 g/mol. The summed E-state index contributed by atoms with van der Waals surface area (Å²) in [4.78, 5) is 19.6. The number of rotatable bonds is 7. The predicted octanol–water partition coefficient (Wildman–Crippen LogP) is 5.18. The normalized spacial score (nSPS) is 11.6. The van der Waals surface area contributed by atoms with Crippen LogP contribution in [0.15, 0.2) is 82.0 Å². The topological polar surface area (TPSA) is 60.5 Å². The summed E-state index contributed by atoms with van der Waals surface area (Å²) in [5, 5.41) is 0.887. The number of hydrogen-bond acceptors (Lipinski definition) is 5. The molecule has 6 nitrogen and oxygen atoms in total. The molecule has 2 heterocycles. The second-order valence-electron chi connectivity index (χ2n) is 8.68. The van der Waals surface area contributed by atoms with E-state index in [-0.39, 0.29) is 5.69 Å². The first kappa shape index (κ1) is 22.1. The maximum absolute atomic E-state index is 13.1. The Morgan fingerprint density at radius 3 is 2.38 bits per heavy atom. The molecule has 5 aromatic rings. The standard InChI is InChI=1S/C28H27N3O3/c1-30(2)18-19-9-11-20(12-10-19)22-13-14-24-23(17-22)26-27(34-24)25(21-7-5-4-6-8-21)29-28(32)31(26)15-16-33-3/h4-14,17H,15-16,18H2,1-3H3. The van der Waals surface area contributed by atoms with E-state index in [4.69, 9.17) is 9.15 Å². The van der Waals surface area contributed by atoms with Crippen molar-refractivity contribution >= 4 is 22.1 Å². The van der Waals surface area contributed by atoms with Crippen LogP contribution in [0.5, 0.6) is 0 Å². The van der Waals surface area contributed by atoms with E-state index in [1.165, 1.54) is 5.56 Å². The second-order valence-corrected chi connectivity index (χ2v) is 8.68. The lowest BCUT2D eigenvalue weighted by Gasteiger charge is -2.10. The Labute approximate surface area is 198 Å². The first-order chi connectivity index (χ1) is 16.5. The third-order valence-electron chi connectivity index (χ3n) is 5.94. The lowest BCUT2D eigenvalue weighted by molar-refractivity contribution is 0.187. The Hall–Kier alpha value is -3.74. The van der Waals surface area contributed by atoms with Gasteiger partial charge in [0, 0.05) is 24.6 Å². The monoisotopic (exact) mass is 453 g/mol. The molecule has 0 amide bonds. The Kier molecular flexibility index (Phi) is 6.01. The molecule has 0 saturated heterocycles. The molecule has 0 saturated carbocycles. The van der Waals surface area contributed by atoms with Crippen molar-refractivity contribution in [1.82, 2.24) is 14.5 Å². The second kappa shape index (κ2) is 9.25. The summed E-state index contributed by atoms with van der Waals surface area (Å²) in [7, 11) is 5.75. The molecule has 0 N–H and O–H groups in total. The van der Waals surface area contributed by atoms with E-state index in [9.17, 15) is 4.79 Å². The van der Waals surface area contributed by atoms with Crippen molar-refractivity contribution in [2.24, 2.45) is 0 Å². The van der Waals surface area contributed by atoms with Crippen molar-refractivity contribution in [2.45, 2.75) is 13.1 Å². The number of aromatic nitrogens is 2.